The monoisotopic (exact) mass is 316 g/mol. The predicted octanol–water partition coefficient (Wildman–Crippen LogP) is 1.50. The van der Waals surface area contributed by atoms with Gasteiger partial charge in [0.05, 0.1) is 16.9 Å². The van der Waals surface area contributed by atoms with Gasteiger partial charge in [0.1, 0.15) is 4.99 Å². The van der Waals surface area contributed by atoms with E-state index in [-0.39, 0.29) is 20.7 Å². The van der Waals surface area contributed by atoms with Crippen LogP contribution in [-0.2, 0) is 10.0 Å². The van der Waals surface area contributed by atoms with Gasteiger partial charge in [-0.1, -0.05) is 29.9 Å². The third-order valence-corrected chi connectivity index (χ3v) is 4.12. The number of anilines is 1. The van der Waals surface area contributed by atoms with E-state index < -0.39 is 10.0 Å². The van der Waals surface area contributed by atoms with Crippen LogP contribution in [0.5, 0.6) is 0 Å². The molecule has 0 fully saturated rings. The van der Waals surface area contributed by atoms with Gasteiger partial charge in [0.2, 0.25) is 0 Å². The van der Waals surface area contributed by atoms with E-state index in [2.05, 4.69) is 14.9 Å². The molecule has 1 heterocycles. The molecule has 0 saturated carbocycles. The second kappa shape index (κ2) is 5.16. The van der Waals surface area contributed by atoms with Crippen LogP contribution in [0, 0.1) is 0 Å². The number of aromatic nitrogens is 2. The first-order valence-electron chi connectivity index (χ1n) is 5.02. The van der Waals surface area contributed by atoms with Crippen molar-refractivity contribution >= 4 is 44.5 Å². The molecule has 0 aliphatic heterocycles. The number of rotatable bonds is 4. The summed E-state index contributed by atoms with van der Waals surface area (Å²) in [6, 6.07) is 5.92. The minimum atomic E-state index is -3.77. The zero-order chi connectivity index (χ0) is 14.0. The summed E-state index contributed by atoms with van der Waals surface area (Å²) in [5.41, 5.74) is 6.20. The van der Waals surface area contributed by atoms with Gasteiger partial charge in [-0.05, 0) is 18.2 Å². The van der Waals surface area contributed by atoms with E-state index in [4.69, 9.17) is 29.6 Å². The highest BCUT2D eigenvalue weighted by atomic mass is 35.5. The largest absolute Gasteiger partial charge is 0.389 e. The molecule has 0 amide bonds. The van der Waals surface area contributed by atoms with Crippen molar-refractivity contribution in [3.8, 4) is 0 Å². The van der Waals surface area contributed by atoms with E-state index in [0.717, 1.165) is 0 Å². The first-order valence-corrected chi connectivity index (χ1v) is 7.28. The van der Waals surface area contributed by atoms with Gasteiger partial charge in [-0.25, -0.2) is 0 Å². The second-order valence-electron chi connectivity index (χ2n) is 3.59. The van der Waals surface area contributed by atoms with Crippen LogP contribution in [0.4, 0.5) is 5.69 Å². The number of H-pyrrole nitrogens is 1. The molecule has 0 spiro atoms. The molecule has 19 heavy (non-hydrogen) atoms. The molecule has 2 rings (SSSR count). The molecule has 0 aliphatic rings. The van der Waals surface area contributed by atoms with Gasteiger partial charge in [0.15, 0.2) is 5.03 Å². The van der Waals surface area contributed by atoms with E-state index >= 15 is 0 Å². The number of hydrogen-bond donors (Lipinski definition) is 3. The van der Waals surface area contributed by atoms with Crippen LogP contribution < -0.4 is 10.5 Å². The number of aromatic amines is 1. The zero-order valence-corrected chi connectivity index (χ0v) is 11.8. The number of thiocarbonyl (C=S) groups is 1. The standard InChI is InChI=1S/C10H9ClN4O2S2/c11-7-2-1-6(10(12)18)5-8(7)15-19(16,17)9-3-4-13-14-9/h1-5,15H,(H2,12,18)(H,13,14). The average Bonchev–Trinajstić information content (AvgIpc) is 2.85. The van der Waals surface area contributed by atoms with Crippen molar-refractivity contribution in [2.75, 3.05) is 4.72 Å². The fourth-order valence-corrected chi connectivity index (χ4v) is 2.68. The quantitative estimate of drug-likeness (QED) is 0.742. The first kappa shape index (κ1) is 13.8. The number of nitrogens with one attached hydrogen (secondary N) is 2. The summed E-state index contributed by atoms with van der Waals surface area (Å²) in [6.07, 6.45) is 1.33. The lowest BCUT2D eigenvalue weighted by Crippen LogP contribution is -2.15. The lowest BCUT2D eigenvalue weighted by Gasteiger charge is -2.09. The smallest absolute Gasteiger partial charge is 0.278 e. The van der Waals surface area contributed by atoms with E-state index in [9.17, 15) is 8.42 Å². The third-order valence-electron chi connectivity index (χ3n) is 2.26. The molecule has 0 unspecified atom stereocenters. The van der Waals surface area contributed by atoms with Crippen LogP contribution in [-0.4, -0.2) is 23.6 Å². The molecular formula is C10H9ClN4O2S2. The van der Waals surface area contributed by atoms with Crippen molar-refractivity contribution < 1.29 is 8.42 Å². The highest BCUT2D eigenvalue weighted by molar-refractivity contribution is 7.92. The van der Waals surface area contributed by atoms with Gasteiger partial charge in [-0.2, -0.15) is 13.5 Å². The van der Waals surface area contributed by atoms with E-state index in [0.29, 0.717) is 5.56 Å². The van der Waals surface area contributed by atoms with E-state index in [1.165, 1.54) is 24.4 Å². The molecule has 4 N–H and O–H groups in total. The molecule has 0 atom stereocenters. The number of halogens is 1. The fourth-order valence-electron chi connectivity index (χ4n) is 1.35. The molecule has 0 bridgehead atoms. The summed E-state index contributed by atoms with van der Waals surface area (Å²) in [6.45, 7) is 0. The normalized spacial score (nSPS) is 11.2. The van der Waals surface area contributed by atoms with Crippen molar-refractivity contribution in [1.29, 1.82) is 0 Å². The summed E-state index contributed by atoms with van der Waals surface area (Å²) in [4.78, 5) is 0.152. The Morgan fingerprint density at radius 2 is 2.16 bits per heavy atom. The molecule has 2 aromatic rings. The highest BCUT2D eigenvalue weighted by Crippen LogP contribution is 2.25. The number of nitrogens with zero attached hydrogens (tertiary/aromatic N) is 1. The van der Waals surface area contributed by atoms with Gasteiger partial charge in [-0.3, -0.25) is 9.82 Å². The number of benzene rings is 1. The van der Waals surface area contributed by atoms with Gasteiger partial charge >= 0.3 is 0 Å². The van der Waals surface area contributed by atoms with Crippen molar-refractivity contribution in [1.82, 2.24) is 10.2 Å². The lowest BCUT2D eigenvalue weighted by atomic mass is 10.2. The minimum absolute atomic E-state index is 0.0655. The Bertz CT molecular complexity index is 713. The molecule has 9 heteroatoms. The van der Waals surface area contributed by atoms with Crippen molar-refractivity contribution in [2.45, 2.75) is 5.03 Å². The first-order chi connectivity index (χ1) is 8.90. The molecule has 0 saturated heterocycles. The zero-order valence-electron chi connectivity index (χ0n) is 9.42. The van der Waals surface area contributed by atoms with Crippen LogP contribution in [0.25, 0.3) is 0 Å². The maximum atomic E-state index is 12.0. The maximum absolute atomic E-state index is 12.0. The molecule has 100 valence electrons. The molecule has 6 nitrogen and oxygen atoms in total. The van der Waals surface area contributed by atoms with Gasteiger partial charge in [-0.15, -0.1) is 0 Å². The molecule has 1 aromatic heterocycles. The molecule has 0 radical (unpaired) electrons. The van der Waals surface area contributed by atoms with Crippen molar-refractivity contribution in [2.24, 2.45) is 5.73 Å². The summed E-state index contributed by atoms with van der Waals surface area (Å²) in [5.74, 6) is 0. The van der Waals surface area contributed by atoms with Crippen molar-refractivity contribution in [3.63, 3.8) is 0 Å². The summed E-state index contributed by atoms with van der Waals surface area (Å²) in [7, 11) is -3.77. The molecular weight excluding hydrogens is 308 g/mol. The summed E-state index contributed by atoms with van der Waals surface area (Å²) in [5, 5.41) is 6.11. The highest BCUT2D eigenvalue weighted by Gasteiger charge is 2.17. The average molecular weight is 317 g/mol. The minimum Gasteiger partial charge on any atom is -0.389 e. The molecule has 0 aliphatic carbocycles. The Hall–Kier alpha value is -1.64. The summed E-state index contributed by atoms with van der Waals surface area (Å²) < 4.78 is 26.3. The van der Waals surface area contributed by atoms with Crippen molar-refractivity contribution in [3.05, 3.63) is 41.0 Å². The van der Waals surface area contributed by atoms with Crippen LogP contribution in [0.2, 0.25) is 5.02 Å². The van der Waals surface area contributed by atoms with Crippen LogP contribution in [0.15, 0.2) is 35.5 Å². The van der Waals surface area contributed by atoms with Gasteiger partial charge in [0, 0.05) is 5.56 Å². The Kier molecular flexibility index (Phi) is 3.74. The Labute approximate surface area is 120 Å². The number of sulfonamides is 1. The van der Waals surface area contributed by atoms with Gasteiger partial charge in [0.25, 0.3) is 10.0 Å². The SMILES string of the molecule is NC(=S)c1ccc(Cl)c(NS(=O)(=O)c2ccn[nH]2)c1. The van der Waals surface area contributed by atoms with Gasteiger partial charge < -0.3 is 5.73 Å². The van der Waals surface area contributed by atoms with Crippen LogP contribution >= 0.6 is 23.8 Å². The van der Waals surface area contributed by atoms with E-state index in [1.54, 1.807) is 6.07 Å². The fraction of sp³-hybridized carbons (Fsp3) is 0. The van der Waals surface area contributed by atoms with Crippen LogP contribution in [0.3, 0.4) is 0 Å². The number of nitrogens with two attached hydrogens (primary N) is 1. The second-order valence-corrected chi connectivity index (χ2v) is 6.08. The Morgan fingerprint density at radius 1 is 1.42 bits per heavy atom. The summed E-state index contributed by atoms with van der Waals surface area (Å²) >= 11 is 10.8. The topological polar surface area (TPSA) is 101 Å². The number of hydrogen-bond acceptors (Lipinski definition) is 4. The van der Waals surface area contributed by atoms with Crippen LogP contribution in [0.1, 0.15) is 5.56 Å². The maximum Gasteiger partial charge on any atom is 0.278 e. The predicted molar refractivity (Wildman–Crippen MR) is 76.7 cm³/mol. The Morgan fingerprint density at radius 3 is 2.74 bits per heavy atom. The molecule has 1 aromatic carbocycles. The lowest BCUT2D eigenvalue weighted by molar-refractivity contribution is 0.597. The van der Waals surface area contributed by atoms with E-state index in [1.807, 2.05) is 0 Å². The third kappa shape index (κ3) is 3.03. The Balaban J connectivity index is 2.39.